The van der Waals surface area contributed by atoms with Gasteiger partial charge in [-0.05, 0) is 13.8 Å². The molecule has 0 radical (unpaired) electrons. The molecule has 0 saturated carbocycles. The highest BCUT2D eigenvalue weighted by atomic mass is 16.5. The van der Waals surface area contributed by atoms with E-state index in [2.05, 4.69) is 14.9 Å². The molecule has 4 heteroatoms. The number of aromatic nitrogens is 2. The van der Waals surface area contributed by atoms with Gasteiger partial charge in [0, 0.05) is 24.8 Å². The first-order valence-electron chi connectivity index (χ1n) is 5.91. The number of morpholine rings is 1. The minimum absolute atomic E-state index is 0.794. The predicted molar refractivity (Wildman–Crippen MR) is 65.9 cm³/mol. The average molecular weight is 223 g/mol. The third-order valence-electron chi connectivity index (χ3n) is 2.29. The van der Waals surface area contributed by atoms with E-state index in [1.165, 1.54) is 0 Å². The number of rotatable bonds is 1. The van der Waals surface area contributed by atoms with Gasteiger partial charge in [-0.2, -0.15) is 0 Å². The van der Waals surface area contributed by atoms with Crippen LogP contribution in [0.4, 0.5) is 5.82 Å². The summed E-state index contributed by atoms with van der Waals surface area (Å²) in [5.41, 5.74) is 1.03. The van der Waals surface area contributed by atoms with Crippen LogP contribution in [-0.2, 0) is 4.74 Å². The second-order valence-electron chi connectivity index (χ2n) is 3.51. The van der Waals surface area contributed by atoms with E-state index in [0.717, 1.165) is 43.6 Å². The smallest absolute Gasteiger partial charge is 0.132 e. The normalized spacial score (nSPS) is 15.4. The van der Waals surface area contributed by atoms with E-state index in [1.54, 1.807) is 0 Å². The fraction of sp³-hybridized carbons (Fsp3) is 0.667. The summed E-state index contributed by atoms with van der Waals surface area (Å²) in [5, 5.41) is 0. The number of hydrogen-bond donors (Lipinski definition) is 0. The van der Waals surface area contributed by atoms with E-state index in [-0.39, 0.29) is 0 Å². The highest BCUT2D eigenvalue weighted by molar-refractivity contribution is 5.39. The first-order chi connectivity index (χ1) is 7.75. The van der Waals surface area contributed by atoms with Crippen LogP contribution in [-0.4, -0.2) is 36.3 Å². The molecule has 0 spiro atoms. The van der Waals surface area contributed by atoms with Crippen molar-refractivity contribution >= 4 is 5.82 Å². The highest BCUT2D eigenvalue weighted by Gasteiger charge is 2.12. The van der Waals surface area contributed by atoms with Crippen molar-refractivity contribution in [2.24, 2.45) is 0 Å². The second-order valence-corrected chi connectivity index (χ2v) is 3.51. The zero-order chi connectivity index (χ0) is 12.0. The predicted octanol–water partition coefficient (Wildman–Crippen LogP) is 1.96. The van der Waals surface area contributed by atoms with Crippen LogP contribution >= 0.6 is 0 Å². The van der Waals surface area contributed by atoms with Gasteiger partial charge in [-0.3, -0.25) is 0 Å². The van der Waals surface area contributed by atoms with Crippen LogP contribution in [0.25, 0.3) is 0 Å². The SMILES string of the molecule is CC.Cc1cc(N2CCOCC2)nc(C)n1. The van der Waals surface area contributed by atoms with Gasteiger partial charge in [0.1, 0.15) is 11.6 Å². The van der Waals surface area contributed by atoms with Gasteiger partial charge in [0.05, 0.1) is 13.2 Å². The zero-order valence-electron chi connectivity index (χ0n) is 10.7. The lowest BCUT2D eigenvalue weighted by atomic mass is 10.3. The molecule has 1 saturated heterocycles. The summed E-state index contributed by atoms with van der Waals surface area (Å²) in [6, 6.07) is 2.03. The number of aryl methyl sites for hydroxylation is 2. The highest BCUT2D eigenvalue weighted by Crippen LogP contribution is 2.13. The van der Waals surface area contributed by atoms with Crippen LogP contribution in [0.1, 0.15) is 25.4 Å². The molecule has 1 fully saturated rings. The van der Waals surface area contributed by atoms with Gasteiger partial charge in [-0.15, -0.1) is 0 Å². The molecule has 16 heavy (non-hydrogen) atoms. The fourth-order valence-electron chi connectivity index (χ4n) is 1.65. The summed E-state index contributed by atoms with van der Waals surface area (Å²) in [4.78, 5) is 10.9. The summed E-state index contributed by atoms with van der Waals surface area (Å²) >= 11 is 0. The Kier molecular flexibility index (Phi) is 5.19. The van der Waals surface area contributed by atoms with E-state index in [4.69, 9.17) is 4.74 Å². The topological polar surface area (TPSA) is 38.2 Å². The summed E-state index contributed by atoms with van der Waals surface area (Å²) in [5.74, 6) is 1.87. The van der Waals surface area contributed by atoms with Crippen LogP contribution in [0.2, 0.25) is 0 Å². The molecule has 0 atom stereocenters. The van der Waals surface area contributed by atoms with Crippen LogP contribution in [0.5, 0.6) is 0 Å². The Morgan fingerprint density at radius 2 is 1.75 bits per heavy atom. The Balaban J connectivity index is 0.000000606. The first kappa shape index (κ1) is 12.9. The molecule has 0 aromatic carbocycles. The molecule has 1 aromatic heterocycles. The Bertz CT molecular complexity index is 302. The lowest BCUT2D eigenvalue weighted by Crippen LogP contribution is -2.36. The van der Waals surface area contributed by atoms with Gasteiger partial charge in [-0.1, -0.05) is 13.8 Å². The van der Waals surface area contributed by atoms with Gasteiger partial charge in [0.25, 0.3) is 0 Å². The molecule has 0 aliphatic carbocycles. The van der Waals surface area contributed by atoms with Crippen LogP contribution < -0.4 is 4.90 Å². The maximum absolute atomic E-state index is 5.30. The molecular weight excluding hydrogens is 202 g/mol. The summed E-state index contributed by atoms with van der Waals surface area (Å²) in [6.07, 6.45) is 0. The molecule has 0 N–H and O–H groups in total. The number of ether oxygens (including phenoxy) is 1. The Labute approximate surface area is 97.7 Å². The third-order valence-corrected chi connectivity index (χ3v) is 2.29. The first-order valence-corrected chi connectivity index (χ1v) is 5.91. The molecule has 0 bridgehead atoms. The maximum Gasteiger partial charge on any atom is 0.132 e. The number of anilines is 1. The van der Waals surface area contributed by atoms with E-state index >= 15 is 0 Å². The van der Waals surface area contributed by atoms with E-state index < -0.39 is 0 Å². The minimum atomic E-state index is 0.794. The molecule has 0 unspecified atom stereocenters. The van der Waals surface area contributed by atoms with E-state index in [0.29, 0.717) is 0 Å². The van der Waals surface area contributed by atoms with Gasteiger partial charge in [-0.25, -0.2) is 9.97 Å². The molecule has 2 rings (SSSR count). The monoisotopic (exact) mass is 223 g/mol. The Hall–Kier alpha value is -1.16. The zero-order valence-corrected chi connectivity index (χ0v) is 10.7. The fourth-order valence-corrected chi connectivity index (χ4v) is 1.65. The third kappa shape index (κ3) is 3.45. The summed E-state index contributed by atoms with van der Waals surface area (Å²) in [7, 11) is 0. The van der Waals surface area contributed by atoms with Crippen molar-refractivity contribution in [3.63, 3.8) is 0 Å². The molecule has 1 aliphatic rings. The van der Waals surface area contributed by atoms with Gasteiger partial charge in [0.15, 0.2) is 0 Å². The van der Waals surface area contributed by atoms with Crippen LogP contribution in [0.3, 0.4) is 0 Å². The van der Waals surface area contributed by atoms with Gasteiger partial charge >= 0.3 is 0 Å². The average Bonchev–Trinajstić information content (AvgIpc) is 2.32. The minimum Gasteiger partial charge on any atom is -0.378 e. The lowest BCUT2D eigenvalue weighted by molar-refractivity contribution is 0.122. The number of hydrogen-bond acceptors (Lipinski definition) is 4. The van der Waals surface area contributed by atoms with Gasteiger partial charge in [0.2, 0.25) is 0 Å². The Morgan fingerprint density at radius 1 is 1.12 bits per heavy atom. The molecule has 1 aliphatic heterocycles. The molecule has 0 amide bonds. The number of nitrogens with zero attached hydrogens (tertiary/aromatic N) is 3. The van der Waals surface area contributed by atoms with Crippen molar-refractivity contribution in [2.45, 2.75) is 27.7 Å². The summed E-state index contributed by atoms with van der Waals surface area (Å²) in [6.45, 7) is 11.4. The largest absolute Gasteiger partial charge is 0.378 e. The van der Waals surface area contributed by atoms with E-state index in [9.17, 15) is 0 Å². The van der Waals surface area contributed by atoms with Gasteiger partial charge < -0.3 is 9.64 Å². The van der Waals surface area contributed by atoms with Crippen molar-refractivity contribution < 1.29 is 4.74 Å². The quantitative estimate of drug-likeness (QED) is 0.729. The van der Waals surface area contributed by atoms with Crippen molar-refractivity contribution in [3.8, 4) is 0 Å². The van der Waals surface area contributed by atoms with Crippen molar-refractivity contribution in [2.75, 3.05) is 31.2 Å². The maximum atomic E-state index is 5.30. The van der Waals surface area contributed by atoms with Crippen LogP contribution in [0.15, 0.2) is 6.07 Å². The second kappa shape index (κ2) is 6.43. The summed E-state index contributed by atoms with van der Waals surface area (Å²) < 4.78 is 5.30. The van der Waals surface area contributed by atoms with Crippen molar-refractivity contribution in [3.05, 3.63) is 17.6 Å². The van der Waals surface area contributed by atoms with Crippen LogP contribution in [0, 0.1) is 13.8 Å². The standard InChI is InChI=1S/C10H15N3O.C2H6/c1-8-7-10(12-9(2)11-8)13-3-5-14-6-4-13;1-2/h7H,3-6H2,1-2H3;1-2H3. The molecule has 4 nitrogen and oxygen atoms in total. The lowest BCUT2D eigenvalue weighted by Gasteiger charge is -2.28. The molecular formula is C12H21N3O. The van der Waals surface area contributed by atoms with Crippen molar-refractivity contribution in [1.82, 2.24) is 9.97 Å². The molecule has 90 valence electrons. The van der Waals surface area contributed by atoms with E-state index in [1.807, 2.05) is 33.8 Å². The molecule has 2 heterocycles. The Morgan fingerprint density at radius 3 is 2.31 bits per heavy atom. The molecule has 1 aromatic rings. The van der Waals surface area contributed by atoms with Crippen molar-refractivity contribution in [1.29, 1.82) is 0 Å².